The van der Waals surface area contributed by atoms with E-state index in [1.807, 2.05) is 30.3 Å². The summed E-state index contributed by atoms with van der Waals surface area (Å²) < 4.78 is 0. The highest BCUT2D eigenvalue weighted by Crippen LogP contribution is 2.66. The third-order valence-corrected chi connectivity index (χ3v) is 19.5. The van der Waals surface area contributed by atoms with Crippen LogP contribution in [0.4, 0.5) is 0 Å². The molecular weight excluding hydrogens is 1090 g/mol. The highest BCUT2D eigenvalue weighted by Gasteiger charge is 2.42. The summed E-state index contributed by atoms with van der Waals surface area (Å²) in [4.78, 5) is 46.6. The van der Waals surface area contributed by atoms with Gasteiger partial charge in [-0.1, -0.05) is 281 Å². The normalized spacial score (nSPS) is 13.6. The molecule has 0 bridgehead atoms. The number of rotatable bonds is 8. The van der Waals surface area contributed by atoms with Crippen LogP contribution in [0.1, 0.15) is 211 Å². The van der Waals surface area contributed by atoms with Crippen molar-refractivity contribution >= 4 is 27.4 Å². The van der Waals surface area contributed by atoms with Crippen molar-refractivity contribution in [3.05, 3.63) is 178 Å². The zero-order chi connectivity index (χ0) is 63.7. The number of hydrogen-bond donors (Lipinski definition) is 4. The van der Waals surface area contributed by atoms with Gasteiger partial charge in [-0.3, -0.25) is 0 Å². The van der Waals surface area contributed by atoms with Crippen LogP contribution in [0.5, 0.6) is 0 Å². The molecule has 452 valence electrons. The fraction of sp³-hybridized carbons (Fsp3) is 0.400. The van der Waals surface area contributed by atoms with Gasteiger partial charge in [0.05, 0.1) is 0 Å². The van der Waals surface area contributed by atoms with Crippen molar-refractivity contribution in [2.75, 3.05) is 0 Å². The second-order valence-electron chi connectivity index (χ2n) is 32.8. The van der Waals surface area contributed by atoms with Gasteiger partial charge in [0.25, 0.3) is 0 Å². The first-order chi connectivity index (χ1) is 39.4. The van der Waals surface area contributed by atoms with Crippen molar-refractivity contribution in [3.63, 3.8) is 0 Å². The van der Waals surface area contributed by atoms with E-state index in [-0.39, 0.29) is 43.3 Å². The Labute approximate surface area is 520 Å². The van der Waals surface area contributed by atoms with E-state index in [1.165, 1.54) is 55.6 Å². The van der Waals surface area contributed by atoms with Crippen LogP contribution in [0.2, 0.25) is 0 Å². The zero-order valence-corrected chi connectivity index (χ0v) is 58.2. The summed E-state index contributed by atoms with van der Waals surface area (Å²) in [6.45, 7) is 55.6. The average Bonchev–Trinajstić information content (AvgIpc) is 0.676. The van der Waals surface area contributed by atoms with E-state index in [0.29, 0.717) is 21.7 Å². The Balaban J connectivity index is 1.70. The van der Waals surface area contributed by atoms with Gasteiger partial charge >= 0.3 is 0 Å². The van der Waals surface area contributed by atoms with E-state index < -0.39 is 16.8 Å². The molecule has 86 heavy (non-hydrogen) atoms. The first-order valence-corrected chi connectivity index (χ1v) is 33.5. The number of hydrogen-bond acceptors (Lipinski definition) is 4. The topological polar surface area (TPSA) is 80.9 Å². The minimum atomic E-state index is -2.71. The Morgan fingerprint density at radius 2 is 0.523 bits per heavy atom. The van der Waals surface area contributed by atoms with E-state index in [1.54, 1.807) is 6.07 Å². The molecule has 0 atom stereocenters. The summed E-state index contributed by atoms with van der Waals surface area (Å²) in [6, 6.07) is 49.1. The lowest BCUT2D eigenvalue weighted by Gasteiger charge is -2.40. The Morgan fingerprint density at radius 1 is 0.221 bits per heavy atom. The monoisotopic (exact) mass is 1180 g/mol. The van der Waals surface area contributed by atoms with E-state index in [9.17, 15) is 19.6 Å². The smallest absolute Gasteiger partial charge is 0.200 e. The summed E-state index contributed by atoms with van der Waals surface area (Å²) in [7, 11) is -5.21. The summed E-state index contributed by atoms with van der Waals surface area (Å²) >= 11 is 0. The molecule has 0 aliphatic heterocycles. The average molecular weight is 1190 g/mol. The SMILES string of the molecule is CC(C)(C)c1ccc(-c2cccc3c2-c2c(-c4cc(-c5ccccc5P(O)O)ccc4P(O)O)c(-c4ccc(C(C)(C)C)cc4C(C)(C)C)c(-c4ccc(C(C)(C)C)cc4C(C)(C)C)c(-c4ccc(C(C)(C)C)cc4C(C)(C)C)c2-3)c(C(C)(C)C)c1. The molecule has 0 fully saturated rings. The second kappa shape index (κ2) is 22.2. The van der Waals surface area contributed by atoms with Crippen LogP contribution in [0.15, 0.2) is 133 Å². The standard InChI is InChI=1S/C80H98O4P2/c1-73(2,3)48-33-37-53(60(43-48)77(13,14)15)54-29-27-30-58-66(54)72-70(58)68(56-39-35-50(75(7,8)9)45-62(56)79(19,20)21)67(55-38-34-49(74(4,5)6)44-61(55)78(16,17)18)69(57-40-36-51(76(10,11)12)46-63(57)80(22,23)24)71(72)59-42-47(32-41-65(59)86(83)84)52-28-25-26-31-64(52)85(81)82/h25-46,81-84H,1-24H3. The Kier molecular flexibility index (Phi) is 16.8. The molecule has 6 heteroatoms. The highest BCUT2D eigenvalue weighted by atomic mass is 31.2. The molecule has 0 heterocycles. The van der Waals surface area contributed by atoms with E-state index in [0.717, 1.165) is 66.8 Å². The molecular formula is C80H98O4P2. The molecule has 0 amide bonds. The first-order valence-electron chi connectivity index (χ1n) is 31.0. The van der Waals surface area contributed by atoms with Crippen LogP contribution in [0, 0.1) is 0 Å². The van der Waals surface area contributed by atoms with E-state index in [4.69, 9.17) is 0 Å². The molecule has 4 nitrogen and oxygen atoms in total. The predicted molar refractivity (Wildman–Crippen MR) is 375 cm³/mol. The van der Waals surface area contributed by atoms with Crippen LogP contribution in [0.25, 0.3) is 89.0 Å². The first kappa shape index (κ1) is 64.9. The molecule has 0 radical (unpaired) electrons. The Bertz CT molecular complexity index is 3940. The molecule has 0 unspecified atom stereocenters. The maximum Gasteiger partial charge on any atom is 0.200 e. The number of fused-ring (bicyclic) bond motifs is 4. The minimum absolute atomic E-state index is 0.0853. The molecule has 0 spiro atoms. The second-order valence-corrected chi connectivity index (χ2v) is 35.0. The molecule has 9 rings (SSSR count). The van der Waals surface area contributed by atoms with Gasteiger partial charge in [-0.05, 0) is 195 Å². The molecule has 1 aliphatic rings. The van der Waals surface area contributed by atoms with Crippen molar-refractivity contribution in [2.24, 2.45) is 0 Å². The summed E-state index contributed by atoms with van der Waals surface area (Å²) in [6.07, 6.45) is 0. The van der Waals surface area contributed by atoms with Crippen molar-refractivity contribution in [1.82, 2.24) is 0 Å². The summed E-state index contributed by atoms with van der Waals surface area (Å²) in [5.74, 6) is 0. The van der Waals surface area contributed by atoms with Crippen LogP contribution >= 0.6 is 16.8 Å². The van der Waals surface area contributed by atoms with Crippen molar-refractivity contribution in [1.29, 1.82) is 0 Å². The van der Waals surface area contributed by atoms with Gasteiger partial charge in [-0.25, -0.2) is 0 Å². The molecule has 4 N–H and O–H groups in total. The maximum atomic E-state index is 12.2. The lowest BCUT2D eigenvalue weighted by molar-refractivity contribution is 0.495. The van der Waals surface area contributed by atoms with Crippen LogP contribution < -0.4 is 10.6 Å². The van der Waals surface area contributed by atoms with Gasteiger partial charge in [0, 0.05) is 10.6 Å². The zero-order valence-electron chi connectivity index (χ0n) is 56.4. The van der Waals surface area contributed by atoms with Gasteiger partial charge in [0.15, 0.2) is 16.8 Å². The lowest BCUT2D eigenvalue weighted by Crippen LogP contribution is -2.21. The van der Waals surface area contributed by atoms with Crippen molar-refractivity contribution in [3.8, 4) is 89.0 Å². The predicted octanol–water partition coefficient (Wildman–Crippen LogP) is 21.6. The fourth-order valence-electron chi connectivity index (χ4n) is 12.9. The fourth-order valence-corrected chi connectivity index (χ4v) is 14.2. The largest absolute Gasteiger partial charge is 0.347 e. The van der Waals surface area contributed by atoms with Gasteiger partial charge in [0.2, 0.25) is 0 Å². The molecule has 8 aromatic rings. The van der Waals surface area contributed by atoms with Crippen LogP contribution in [-0.4, -0.2) is 19.6 Å². The summed E-state index contributed by atoms with van der Waals surface area (Å²) in [5.41, 5.74) is 24.6. The minimum Gasteiger partial charge on any atom is -0.347 e. The van der Waals surface area contributed by atoms with Gasteiger partial charge < -0.3 is 19.6 Å². The molecule has 0 aromatic heterocycles. The molecule has 8 aromatic carbocycles. The van der Waals surface area contributed by atoms with Crippen LogP contribution in [0.3, 0.4) is 0 Å². The maximum absolute atomic E-state index is 12.2. The van der Waals surface area contributed by atoms with Gasteiger partial charge in [0.1, 0.15) is 0 Å². The number of benzene rings is 8. The molecule has 1 aliphatic carbocycles. The van der Waals surface area contributed by atoms with E-state index in [2.05, 4.69) is 263 Å². The third-order valence-electron chi connectivity index (χ3n) is 17.9. The quantitative estimate of drug-likeness (QED) is 0.114. The van der Waals surface area contributed by atoms with Crippen LogP contribution in [-0.2, 0) is 43.3 Å². The Morgan fingerprint density at radius 3 is 0.884 bits per heavy atom. The third kappa shape index (κ3) is 12.2. The van der Waals surface area contributed by atoms with Crippen molar-refractivity contribution in [2.45, 2.75) is 209 Å². The van der Waals surface area contributed by atoms with E-state index >= 15 is 0 Å². The highest BCUT2D eigenvalue weighted by molar-refractivity contribution is 7.54. The Hall–Kier alpha value is -5.54. The lowest BCUT2D eigenvalue weighted by atomic mass is 9.63. The van der Waals surface area contributed by atoms with Crippen molar-refractivity contribution < 1.29 is 19.6 Å². The van der Waals surface area contributed by atoms with Gasteiger partial charge in [-0.15, -0.1) is 0 Å². The van der Waals surface area contributed by atoms with Gasteiger partial charge in [-0.2, -0.15) is 0 Å². The summed E-state index contributed by atoms with van der Waals surface area (Å²) in [5, 5.41) is 0.846. The molecule has 0 saturated carbocycles. The molecule has 0 saturated heterocycles.